The average Bonchev–Trinajstić information content (AvgIpc) is 2.94. The van der Waals surface area contributed by atoms with Crippen LogP contribution in [0.25, 0.3) is 0 Å². The molecule has 3 aliphatic rings. The summed E-state index contributed by atoms with van der Waals surface area (Å²) in [5.74, 6) is -0.554. The van der Waals surface area contributed by atoms with Crippen molar-refractivity contribution >= 4 is 11.9 Å². The number of aliphatic hydroxyl groups is 1. The zero-order chi connectivity index (χ0) is 20.0. The van der Waals surface area contributed by atoms with Crippen LogP contribution in [-0.2, 0) is 19.1 Å². The van der Waals surface area contributed by atoms with Gasteiger partial charge in [0.2, 0.25) is 0 Å². The van der Waals surface area contributed by atoms with Crippen LogP contribution in [0.3, 0.4) is 0 Å². The Labute approximate surface area is 161 Å². The van der Waals surface area contributed by atoms with Crippen molar-refractivity contribution in [2.45, 2.75) is 78.9 Å². The van der Waals surface area contributed by atoms with E-state index in [4.69, 9.17) is 9.47 Å². The molecule has 0 unspecified atom stereocenters. The lowest BCUT2D eigenvalue weighted by Crippen LogP contribution is -2.61. The summed E-state index contributed by atoms with van der Waals surface area (Å²) < 4.78 is 11.0. The van der Waals surface area contributed by atoms with Crippen molar-refractivity contribution in [1.82, 2.24) is 0 Å². The molecule has 0 spiro atoms. The smallest absolute Gasteiger partial charge is 0.335 e. The van der Waals surface area contributed by atoms with Crippen LogP contribution in [0.1, 0.15) is 66.7 Å². The highest BCUT2D eigenvalue weighted by Gasteiger charge is 2.63. The van der Waals surface area contributed by atoms with Crippen LogP contribution in [0.4, 0.5) is 0 Å². The van der Waals surface area contributed by atoms with Crippen LogP contribution in [0.5, 0.6) is 0 Å². The summed E-state index contributed by atoms with van der Waals surface area (Å²) in [5, 5.41) is 11.1. The molecule has 1 saturated carbocycles. The topological polar surface area (TPSA) is 72.8 Å². The van der Waals surface area contributed by atoms with Crippen molar-refractivity contribution in [3.63, 3.8) is 0 Å². The van der Waals surface area contributed by atoms with E-state index in [0.717, 1.165) is 31.3 Å². The van der Waals surface area contributed by atoms with Gasteiger partial charge in [-0.2, -0.15) is 0 Å². The lowest BCUT2D eigenvalue weighted by atomic mass is 9.47. The number of allylic oxidation sites excluding steroid dienone is 2. The SMILES string of the molecule is CC(=O)O[C@H]1C[C@@H](O)[C@]2(C)C3=C(CC[C@H]2[C@]1(C)CCC=C(C)C)COC3=O. The maximum Gasteiger partial charge on any atom is 0.335 e. The van der Waals surface area contributed by atoms with Gasteiger partial charge < -0.3 is 14.6 Å². The molecule has 2 aliphatic carbocycles. The van der Waals surface area contributed by atoms with E-state index in [-0.39, 0.29) is 29.4 Å². The number of cyclic esters (lactones) is 1. The number of esters is 2. The first kappa shape index (κ1) is 20.1. The number of carbonyl (C=O) groups excluding carboxylic acids is 2. The first-order valence-electron chi connectivity index (χ1n) is 9.99. The molecule has 0 radical (unpaired) electrons. The molecule has 1 heterocycles. The van der Waals surface area contributed by atoms with E-state index in [1.165, 1.54) is 12.5 Å². The van der Waals surface area contributed by atoms with Gasteiger partial charge in [0.1, 0.15) is 12.7 Å². The van der Waals surface area contributed by atoms with E-state index in [1.54, 1.807) is 0 Å². The molecule has 0 saturated heterocycles. The minimum Gasteiger partial charge on any atom is -0.462 e. The molecule has 0 aromatic rings. The van der Waals surface area contributed by atoms with Gasteiger partial charge in [-0.15, -0.1) is 0 Å². The second kappa shape index (κ2) is 7.08. The largest absolute Gasteiger partial charge is 0.462 e. The number of aliphatic hydroxyl groups excluding tert-OH is 1. The average molecular weight is 376 g/mol. The number of ether oxygens (including phenoxy) is 2. The number of hydrogen-bond acceptors (Lipinski definition) is 5. The Morgan fingerprint density at radius 1 is 1.33 bits per heavy atom. The lowest BCUT2D eigenvalue weighted by Gasteiger charge is -2.59. The van der Waals surface area contributed by atoms with Gasteiger partial charge in [-0.1, -0.05) is 25.5 Å². The maximum atomic E-state index is 12.5. The van der Waals surface area contributed by atoms with Crippen molar-refractivity contribution in [2.75, 3.05) is 6.61 Å². The van der Waals surface area contributed by atoms with Crippen molar-refractivity contribution < 1.29 is 24.2 Å². The van der Waals surface area contributed by atoms with Crippen LogP contribution in [0.2, 0.25) is 0 Å². The van der Waals surface area contributed by atoms with E-state index in [0.29, 0.717) is 18.6 Å². The lowest BCUT2D eigenvalue weighted by molar-refractivity contribution is -0.190. The molecule has 3 rings (SSSR count). The molecule has 1 fully saturated rings. The number of fused-ring (bicyclic) bond motifs is 2. The fourth-order valence-corrected chi connectivity index (χ4v) is 5.78. The summed E-state index contributed by atoms with van der Waals surface area (Å²) in [5.41, 5.74) is 2.01. The summed E-state index contributed by atoms with van der Waals surface area (Å²) in [7, 11) is 0. The molecule has 5 heteroatoms. The van der Waals surface area contributed by atoms with E-state index in [2.05, 4.69) is 26.8 Å². The highest BCUT2D eigenvalue weighted by molar-refractivity contribution is 5.93. The second-order valence-electron chi connectivity index (χ2n) is 9.10. The molecule has 5 nitrogen and oxygen atoms in total. The standard InChI is InChI=1S/C22H32O5/c1-13(2)7-6-10-21(4)16-9-8-15-12-26-20(25)19(15)22(16,5)17(24)11-18(21)27-14(3)23/h7,16-18,24H,6,8-12H2,1-5H3/t16-,17+,18-,21-,22+/m0/s1. The highest BCUT2D eigenvalue weighted by Crippen LogP contribution is 2.62. The number of hydrogen-bond donors (Lipinski definition) is 1. The third kappa shape index (κ3) is 3.24. The minimum atomic E-state index is -0.737. The molecular weight excluding hydrogens is 344 g/mol. The fourth-order valence-electron chi connectivity index (χ4n) is 5.78. The highest BCUT2D eigenvalue weighted by atomic mass is 16.5. The molecule has 0 aromatic heterocycles. The molecule has 1 N–H and O–H groups in total. The van der Waals surface area contributed by atoms with E-state index >= 15 is 0 Å². The predicted molar refractivity (Wildman–Crippen MR) is 102 cm³/mol. The van der Waals surface area contributed by atoms with Crippen LogP contribution < -0.4 is 0 Å². The molecule has 0 bridgehead atoms. The molecule has 0 amide bonds. The zero-order valence-corrected chi connectivity index (χ0v) is 17.1. The Bertz CT molecular complexity index is 701. The Morgan fingerprint density at radius 2 is 2.04 bits per heavy atom. The molecule has 5 atom stereocenters. The maximum absolute atomic E-state index is 12.5. The van der Waals surface area contributed by atoms with Gasteiger partial charge in [0.25, 0.3) is 0 Å². The van der Waals surface area contributed by atoms with Crippen LogP contribution in [0.15, 0.2) is 22.8 Å². The Morgan fingerprint density at radius 3 is 2.67 bits per heavy atom. The van der Waals surface area contributed by atoms with Crippen LogP contribution in [-0.4, -0.2) is 35.9 Å². The molecule has 1 aliphatic heterocycles. The van der Waals surface area contributed by atoms with Gasteiger partial charge in [0.15, 0.2) is 0 Å². The minimum absolute atomic E-state index is 0.0491. The van der Waals surface area contributed by atoms with Gasteiger partial charge in [-0.25, -0.2) is 4.79 Å². The van der Waals surface area contributed by atoms with E-state index in [9.17, 15) is 14.7 Å². The van der Waals surface area contributed by atoms with Crippen molar-refractivity contribution in [3.8, 4) is 0 Å². The molecule has 27 heavy (non-hydrogen) atoms. The summed E-state index contributed by atoms with van der Waals surface area (Å²) in [4.78, 5) is 24.3. The quantitative estimate of drug-likeness (QED) is 0.598. The number of carbonyl (C=O) groups is 2. The summed E-state index contributed by atoms with van der Waals surface area (Å²) >= 11 is 0. The summed E-state index contributed by atoms with van der Waals surface area (Å²) in [6.45, 7) is 10.1. The van der Waals surface area contributed by atoms with Crippen LogP contribution in [0, 0.1) is 16.7 Å². The molecule has 150 valence electrons. The van der Waals surface area contributed by atoms with Crippen LogP contribution >= 0.6 is 0 Å². The first-order valence-corrected chi connectivity index (χ1v) is 9.99. The van der Waals surface area contributed by atoms with E-state index in [1.807, 2.05) is 6.92 Å². The Kier molecular flexibility index (Phi) is 5.28. The second-order valence-corrected chi connectivity index (χ2v) is 9.10. The normalized spacial score (nSPS) is 38.0. The van der Waals surface area contributed by atoms with Gasteiger partial charge in [0.05, 0.1) is 6.10 Å². The fraction of sp³-hybridized carbons (Fsp3) is 0.727. The zero-order valence-electron chi connectivity index (χ0n) is 17.1. The first-order chi connectivity index (χ1) is 12.6. The van der Waals surface area contributed by atoms with Crippen molar-refractivity contribution in [2.24, 2.45) is 16.7 Å². The van der Waals surface area contributed by atoms with Crippen molar-refractivity contribution in [1.29, 1.82) is 0 Å². The summed E-state index contributed by atoms with van der Waals surface area (Å²) in [6, 6.07) is 0. The summed E-state index contributed by atoms with van der Waals surface area (Å²) in [6.07, 6.45) is 4.87. The Hall–Kier alpha value is -1.62. The monoisotopic (exact) mass is 376 g/mol. The van der Waals surface area contributed by atoms with Gasteiger partial charge in [-0.05, 0) is 51.0 Å². The van der Waals surface area contributed by atoms with E-state index < -0.39 is 11.5 Å². The molecular formula is C22H32O5. The van der Waals surface area contributed by atoms with Gasteiger partial charge in [-0.3, -0.25) is 4.79 Å². The van der Waals surface area contributed by atoms with Gasteiger partial charge in [0, 0.05) is 29.7 Å². The van der Waals surface area contributed by atoms with Crippen molar-refractivity contribution in [3.05, 3.63) is 22.8 Å². The Balaban J connectivity index is 2.03. The van der Waals surface area contributed by atoms with Gasteiger partial charge >= 0.3 is 11.9 Å². The third-order valence-corrected chi connectivity index (χ3v) is 7.14. The molecule has 0 aromatic carbocycles. The number of rotatable bonds is 4. The third-order valence-electron chi connectivity index (χ3n) is 7.14. The predicted octanol–water partition coefficient (Wildman–Crippen LogP) is 3.71.